The Hall–Kier alpha value is -2.34. The van der Waals surface area contributed by atoms with Crippen LogP contribution in [-0.4, -0.2) is 14.3 Å². The van der Waals surface area contributed by atoms with Gasteiger partial charge in [0.1, 0.15) is 0 Å². The number of carbonyl (C=O) groups is 1. The van der Waals surface area contributed by atoms with E-state index in [9.17, 15) is 13.2 Å². The number of fused-ring (bicyclic) bond motifs is 1. The Balaban J connectivity index is 1.90. The second-order valence-electron chi connectivity index (χ2n) is 5.45. The molecule has 114 valence electrons. The minimum Gasteiger partial charge on any atom is -0.326 e. The molecule has 0 bridgehead atoms. The van der Waals surface area contributed by atoms with Crippen LogP contribution in [0.4, 0.5) is 11.4 Å². The molecule has 2 aromatic rings. The summed E-state index contributed by atoms with van der Waals surface area (Å²) in [5.74, 6) is -0.0795. The van der Waals surface area contributed by atoms with Crippen molar-refractivity contribution in [2.45, 2.75) is 25.2 Å². The SMILES string of the molecule is Cc1ccc(S(=O)(=O)Nc2ccc3c(c2)CC(=O)N3)cc1C. The fourth-order valence-corrected chi connectivity index (χ4v) is 3.52. The van der Waals surface area contributed by atoms with Crippen molar-refractivity contribution in [2.24, 2.45) is 0 Å². The molecule has 2 N–H and O–H groups in total. The van der Waals surface area contributed by atoms with Gasteiger partial charge in [0, 0.05) is 11.4 Å². The van der Waals surface area contributed by atoms with Gasteiger partial charge in [0.25, 0.3) is 10.0 Å². The molecule has 0 radical (unpaired) electrons. The molecule has 1 heterocycles. The molecule has 0 aliphatic carbocycles. The summed E-state index contributed by atoms with van der Waals surface area (Å²) in [6, 6.07) is 10.1. The minimum absolute atomic E-state index is 0.0795. The van der Waals surface area contributed by atoms with Crippen LogP contribution in [0.2, 0.25) is 0 Å². The molecule has 6 heteroatoms. The Morgan fingerprint density at radius 2 is 1.82 bits per heavy atom. The molecule has 0 saturated heterocycles. The smallest absolute Gasteiger partial charge is 0.261 e. The number of hydrogen-bond donors (Lipinski definition) is 2. The van der Waals surface area contributed by atoms with Crippen LogP contribution in [0, 0.1) is 13.8 Å². The molecular formula is C16H16N2O3S. The third kappa shape index (κ3) is 2.69. The van der Waals surface area contributed by atoms with Gasteiger partial charge in [-0.3, -0.25) is 9.52 Å². The van der Waals surface area contributed by atoms with E-state index >= 15 is 0 Å². The van der Waals surface area contributed by atoms with E-state index in [2.05, 4.69) is 10.0 Å². The average molecular weight is 316 g/mol. The highest BCUT2D eigenvalue weighted by Crippen LogP contribution is 2.27. The first-order valence-electron chi connectivity index (χ1n) is 6.88. The average Bonchev–Trinajstić information content (AvgIpc) is 2.80. The molecule has 0 spiro atoms. The maximum absolute atomic E-state index is 12.4. The van der Waals surface area contributed by atoms with Crippen molar-refractivity contribution in [3.63, 3.8) is 0 Å². The van der Waals surface area contributed by atoms with Crippen LogP contribution in [-0.2, 0) is 21.2 Å². The maximum Gasteiger partial charge on any atom is 0.261 e. The maximum atomic E-state index is 12.4. The second kappa shape index (κ2) is 5.14. The Morgan fingerprint density at radius 1 is 1.05 bits per heavy atom. The largest absolute Gasteiger partial charge is 0.326 e. The van der Waals surface area contributed by atoms with Gasteiger partial charge >= 0.3 is 0 Å². The van der Waals surface area contributed by atoms with Gasteiger partial charge in [0.2, 0.25) is 5.91 Å². The molecule has 1 aliphatic heterocycles. The van der Waals surface area contributed by atoms with E-state index in [-0.39, 0.29) is 17.2 Å². The fraction of sp³-hybridized carbons (Fsp3) is 0.188. The number of rotatable bonds is 3. The van der Waals surface area contributed by atoms with E-state index in [0.717, 1.165) is 22.4 Å². The van der Waals surface area contributed by atoms with E-state index in [1.807, 2.05) is 13.8 Å². The standard InChI is InChI=1S/C16H16N2O3S/c1-10-3-5-14(7-11(10)2)22(20,21)18-13-4-6-15-12(8-13)9-16(19)17-15/h3-8,18H,9H2,1-2H3,(H,17,19). The van der Waals surface area contributed by atoms with Crippen molar-refractivity contribution < 1.29 is 13.2 Å². The molecular weight excluding hydrogens is 300 g/mol. The summed E-state index contributed by atoms with van der Waals surface area (Å²) < 4.78 is 27.4. The summed E-state index contributed by atoms with van der Waals surface area (Å²) in [6.45, 7) is 3.81. The summed E-state index contributed by atoms with van der Waals surface area (Å²) in [5, 5.41) is 2.72. The highest BCUT2D eigenvalue weighted by molar-refractivity contribution is 7.92. The summed E-state index contributed by atoms with van der Waals surface area (Å²) in [5.41, 5.74) is 3.95. The van der Waals surface area contributed by atoms with Crippen LogP contribution in [0.1, 0.15) is 16.7 Å². The van der Waals surface area contributed by atoms with Crippen LogP contribution >= 0.6 is 0 Å². The first-order valence-corrected chi connectivity index (χ1v) is 8.36. The number of benzene rings is 2. The lowest BCUT2D eigenvalue weighted by molar-refractivity contribution is -0.115. The lowest BCUT2D eigenvalue weighted by atomic mass is 10.1. The van der Waals surface area contributed by atoms with Gasteiger partial charge in [-0.05, 0) is 60.9 Å². The number of amides is 1. The molecule has 2 aromatic carbocycles. The number of nitrogens with one attached hydrogen (secondary N) is 2. The second-order valence-corrected chi connectivity index (χ2v) is 7.13. The lowest BCUT2D eigenvalue weighted by Gasteiger charge is -2.10. The number of hydrogen-bond acceptors (Lipinski definition) is 3. The summed E-state index contributed by atoms with van der Waals surface area (Å²) in [7, 11) is -3.64. The van der Waals surface area contributed by atoms with Gasteiger partial charge in [0.15, 0.2) is 0 Å². The normalized spacial score (nSPS) is 13.6. The molecule has 0 aromatic heterocycles. The molecule has 1 amide bonds. The molecule has 0 saturated carbocycles. The van der Waals surface area contributed by atoms with Crippen molar-refractivity contribution in [2.75, 3.05) is 10.0 Å². The summed E-state index contributed by atoms with van der Waals surface area (Å²) >= 11 is 0. The summed E-state index contributed by atoms with van der Waals surface area (Å²) in [6.07, 6.45) is 0.272. The first kappa shape index (κ1) is 14.6. The van der Waals surface area contributed by atoms with Crippen LogP contribution in [0.3, 0.4) is 0 Å². The highest BCUT2D eigenvalue weighted by Gasteiger charge is 2.20. The van der Waals surface area contributed by atoms with Crippen molar-refractivity contribution in [1.82, 2.24) is 0 Å². The molecule has 0 unspecified atom stereocenters. The Kier molecular flexibility index (Phi) is 3.41. The molecule has 0 fully saturated rings. The van der Waals surface area contributed by atoms with Gasteiger partial charge in [-0.15, -0.1) is 0 Å². The number of sulfonamides is 1. The third-order valence-corrected chi connectivity index (χ3v) is 5.15. The third-order valence-electron chi connectivity index (χ3n) is 3.77. The molecule has 0 atom stereocenters. The van der Waals surface area contributed by atoms with Gasteiger partial charge in [-0.1, -0.05) is 6.07 Å². The van der Waals surface area contributed by atoms with Crippen LogP contribution in [0.15, 0.2) is 41.3 Å². The topological polar surface area (TPSA) is 75.3 Å². The fourth-order valence-electron chi connectivity index (χ4n) is 2.39. The van der Waals surface area contributed by atoms with Crippen LogP contribution in [0.5, 0.6) is 0 Å². The van der Waals surface area contributed by atoms with Crippen molar-refractivity contribution in [1.29, 1.82) is 0 Å². The van der Waals surface area contributed by atoms with E-state index in [1.54, 1.807) is 36.4 Å². The number of carbonyl (C=O) groups excluding carboxylic acids is 1. The van der Waals surface area contributed by atoms with E-state index in [1.165, 1.54) is 0 Å². The van der Waals surface area contributed by atoms with Crippen molar-refractivity contribution in [3.05, 3.63) is 53.1 Å². The van der Waals surface area contributed by atoms with E-state index in [0.29, 0.717) is 5.69 Å². The molecule has 5 nitrogen and oxygen atoms in total. The Bertz CT molecular complexity index is 873. The molecule has 1 aliphatic rings. The quantitative estimate of drug-likeness (QED) is 0.914. The zero-order valence-corrected chi connectivity index (χ0v) is 13.1. The lowest BCUT2D eigenvalue weighted by Crippen LogP contribution is -2.13. The monoisotopic (exact) mass is 316 g/mol. The highest BCUT2D eigenvalue weighted by atomic mass is 32.2. The predicted molar refractivity (Wildman–Crippen MR) is 85.5 cm³/mol. The van der Waals surface area contributed by atoms with Gasteiger partial charge < -0.3 is 5.32 Å². The Morgan fingerprint density at radius 3 is 2.55 bits per heavy atom. The van der Waals surface area contributed by atoms with Gasteiger partial charge in [-0.25, -0.2) is 8.42 Å². The summed E-state index contributed by atoms with van der Waals surface area (Å²) in [4.78, 5) is 11.6. The molecule has 22 heavy (non-hydrogen) atoms. The van der Waals surface area contributed by atoms with Crippen molar-refractivity contribution >= 4 is 27.3 Å². The Labute approximate surface area is 129 Å². The first-order chi connectivity index (χ1) is 10.3. The number of anilines is 2. The van der Waals surface area contributed by atoms with Crippen LogP contribution < -0.4 is 10.0 Å². The van der Waals surface area contributed by atoms with Gasteiger partial charge in [-0.2, -0.15) is 0 Å². The minimum atomic E-state index is -3.64. The predicted octanol–water partition coefficient (Wildman–Crippen LogP) is 2.60. The molecule has 3 rings (SSSR count). The zero-order chi connectivity index (χ0) is 15.9. The van der Waals surface area contributed by atoms with Crippen molar-refractivity contribution in [3.8, 4) is 0 Å². The zero-order valence-electron chi connectivity index (χ0n) is 12.3. The van der Waals surface area contributed by atoms with Gasteiger partial charge in [0.05, 0.1) is 11.3 Å². The number of aryl methyl sites for hydroxylation is 2. The van der Waals surface area contributed by atoms with Crippen LogP contribution in [0.25, 0.3) is 0 Å². The van der Waals surface area contributed by atoms with E-state index < -0.39 is 10.0 Å². The van der Waals surface area contributed by atoms with E-state index in [4.69, 9.17) is 0 Å².